The maximum Gasteiger partial charge on any atom is 0.140 e. The highest BCUT2D eigenvalue weighted by atomic mass is 19.1. The SMILES string of the molecule is Oc1ccc(-c2nccn2Cc2cccc(F)c2)cc1. The summed E-state index contributed by atoms with van der Waals surface area (Å²) in [6.07, 6.45) is 3.56. The molecule has 0 saturated carbocycles. The molecule has 0 fully saturated rings. The molecule has 1 aromatic heterocycles. The Hall–Kier alpha value is -2.62. The monoisotopic (exact) mass is 268 g/mol. The third kappa shape index (κ3) is 2.54. The lowest BCUT2D eigenvalue weighted by atomic mass is 10.2. The first-order valence-electron chi connectivity index (χ1n) is 6.27. The van der Waals surface area contributed by atoms with Crippen molar-refractivity contribution in [3.05, 3.63) is 72.3 Å². The van der Waals surface area contributed by atoms with Crippen LogP contribution in [0.25, 0.3) is 11.4 Å². The molecule has 0 aliphatic heterocycles. The van der Waals surface area contributed by atoms with Crippen LogP contribution in [0.3, 0.4) is 0 Å². The number of hydrogen-bond acceptors (Lipinski definition) is 2. The van der Waals surface area contributed by atoms with E-state index < -0.39 is 0 Å². The van der Waals surface area contributed by atoms with Crippen molar-refractivity contribution in [2.45, 2.75) is 6.54 Å². The van der Waals surface area contributed by atoms with Gasteiger partial charge in [-0.25, -0.2) is 9.37 Å². The first-order valence-corrected chi connectivity index (χ1v) is 6.27. The Bertz CT molecular complexity index is 719. The van der Waals surface area contributed by atoms with Gasteiger partial charge in [-0.15, -0.1) is 0 Å². The van der Waals surface area contributed by atoms with Crippen LogP contribution >= 0.6 is 0 Å². The van der Waals surface area contributed by atoms with Gasteiger partial charge in [0.1, 0.15) is 17.4 Å². The second-order valence-electron chi connectivity index (χ2n) is 4.56. The van der Waals surface area contributed by atoms with Crippen LogP contribution in [0.4, 0.5) is 4.39 Å². The highest BCUT2D eigenvalue weighted by Crippen LogP contribution is 2.21. The van der Waals surface area contributed by atoms with Crippen molar-refractivity contribution in [2.24, 2.45) is 0 Å². The van der Waals surface area contributed by atoms with E-state index in [0.29, 0.717) is 6.54 Å². The molecule has 0 aliphatic carbocycles. The molecule has 0 saturated heterocycles. The third-order valence-corrected chi connectivity index (χ3v) is 3.08. The Morgan fingerprint density at radius 1 is 1.10 bits per heavy atom. The average molecular weight is 268 g/mol. The van der Waals surface area contributed by atoms with Crippen LogP contribution < -0.4 is 0 Å². The van der Waals surface area contributed by atoms with E-state index in [-0.39, 0.29) is 11.6 Å². The van der Waals surface area contributed by atoms with Gasteiger partial charge in [-0.3, -0.25) is 0 Å². The first kappa shape index (κ1) is 12.4. The van der Waals surface area contributed by atoms with Gasteiger partial charge in [0, 0.05) is 24.5 Å². The minimum Gasteiger partial charge on any atom is -0.508 e. The number of imidazole rings is 1. The third-order valence-electron chi connectivity index (χ3n) is 3.08. The number of aromatic hydroxyl groups is 1. The standard InChI is InChI=1S/C16H13FN2O/c17-14-3-1-2-12(10-14)11-19-9-8-18-16(19)13-4-6-15(20)7-5-13/h1-10,20H,11H2. The summed E-state index contributed by atoms with van der Waals surface area (Å²) < 4.78 is 15.2. The maximum absolute atomic E-state index is 13.2. The molecule has 4 heteroatoms. The number of nitrogens with zero attached hydrogens (tertiary/aromatic N) is 2. The van der Waals surface area contributed by atoms with Gasteiger partial charge >= 0.3 is 0 Å². The van der Waals surface area contributed by atoms with Gasteiger partial charge in [-0.05, 0) is 42.0 Å². The van der Waals surface area contributed by atoms with Gasteiger partial charge in [0.2, 0.25) is 0 Å². The van der Waals surface area contributed by atoms with E-state index in [4.69, 9.17) is 0 Å². The van der Waals surface area contributed by atoms with E-state index in [9.17, 15) is 9.50 Å². The fourth-order valence-corrected chi connectivity index (χ4v) is 2.14. The quantitative estimate of drug-likeness (QED) is 0.790. The molecule has 20 heavy (non-hydrogen) atoms. The van der Waals surface area contributed by atoms with E-state index in [2.05, 4.69) is 4.98 Å². The van der Waals surface area contributed by atoms with E-state index in [0.717, 1.165) is 17.0 Å². The minimum absolute atomic E-state index is 0.219. The molecule has 0 amide bonds. The second kappa shape index (κ2) is 5.17. The molecule has 1 heterocycles. The molecule has 0 aliphatic rings. The lowest BCUT2D eigenvalue weighted by molar-refractivity contribution is 0.475. The zero-order valence-electron chi connectivity index (χ0n) is 10.7. The zero-order valence-corrected chi connectivity index (χ0v) is 10.7. The molecule has 3 aromatic rings. The van der Waals surface area contributed by atoms with Gasteiger partial charge in [-0.2, -0.15) is 0 Å². The zero-order chi connectivity index (χ0) is 13.9. The second-order valence-corrected chi connectivity index (χ2v) is 4.56. The van der Waals surface area contributed by atoms with Crippen LogP contribution in [0.1, 0.15) is 5.56 Å². The predicted molar refractivity (Wildman–Crippen MR) is 74.8 cm³/mol. The summed E-state index contributed by atoms with van der Waals surface area (Å²) >= 11 is 0. The lowest BCUT2D eigenvalue weighted by Gasteiger charge is -2.08. The maximum atomic E-state index is 13.2. The number of rotatable bonds is 3. The topological polar surface area (TPSA) is 38.1 Å². The highest BCUT2D eigenvalue weighted by Gasteiger charge is 2.06. The molecule has 0 spiro atoms. The van der Waals surface area contributed by atoms with Crippen molar-refractivity contribution in [3.8, 4) is 17.1 Å². The predicted octanol–water partition coefficient (Wildman–Crippen LogP) is 3.44. The fraction of sp³-hybridized carbons (Fsp3) is 0.0625. The van der Waals surface area contributed by atoms with E-state index in [1.165, 1.54) is 12.1 Å². The largest absolute Gasteiger partial charge is 0.508 e. The Labute approximate surface area is 116 Å². The van der Waals surface area contributed by atoms with Gasteiger partial charge in [0.15, 0.2) is 0 Å². The summed E-state index contributed by atoms with van der Waals surface area (Å²) in [5.41, 5.74) is 1.78. The summed E-state index contributed by atoms with van der Waals surface area (Å²) in [7, 11) is 0. The summed E-state index contributed by atoms with van der Waals surface area (Å²) in [5, 5.41) is 9.32. The molecule has 2 aromatic carbocycles. The molecule has 1 N–H and O–H groups in total. The van der Waals surface area contributed by atoms with Crippen molar-refractivity contribution in [1.29, 1.82) is 0 Å². The molecule has 100 valence electrons. The van der Waals surface area contributed by atoms with Crippen LogP contribution in [0.5, 0.6) is 5.75 Å². The smallest absolute Gasteiger partial charge is 0.140 e. The van der Waals surface area contributed by atoms with Crippen LogP contribution in [0.2, 0.25) is 0 Å². The lowest BCUT2D eigenvalue weighted by Crippen LogP contribution is -2.01. The molecule has 0 radical (unpaired) electrons. The Kier molecular flexibility index (Phi) is 3.21. The fourth-order valence-electron chi connectivity index (χ4n) is 2.14. The van der Waals surface area contributed by atoms with Crippen LogP contribution in [-0.2, 0) is 6.54 Å². The van der Waals surface area contributed by atoms with Crippen molar-refractivity contribution >= 4 is 0 Å². The highest BCUT2D eigenvalue weighted by molar-refractivity contribution is 5.56. The Morgan fingerprint density at radius 3 is 2.65 bits per heavy atom. The van der Waals surface area contributed by atoms with Gasteiger partial charge in [0.05, 0.1) is 0 Å². The van der Waals surface area contributed by atoms with Crippen LogP contribution in [0, 0.1) is 5.82 Å². The normalized spacial score (nSPS) is 10.7. The van der Waals surface area contributed by atoms with E-state index in [1.54, 1.807) is 36.5 Å². The molecular formula is C16H13FN2O. The molecule has 3 nitrogen and oxygen atoms in total. The molecule has 3 rings (SSSR count). The van der Waals surface area contributed by atoms with Crippen molar-refractivity contribution < 1.29 is 9.50 Å². The average Bonchev–Trinajstić information content (AvgIpc) is 2.88. The Morgan fingerprint density at radius 2 is 1.90 bits per heavy atom. The van der Waals surface area contributed by atoms with Crippen molar-refractivity contribution in [3.63, 3.8) is 0 Å². The van der Waals surface area contributed by atoms with E-state index in [1.807, 2.05) is 16.8 Å². The van der Waals surface area contributed by atoms with Crippen molar-refractivity contribution in [2.75, 3.05) is 0 Å². The first-order chi connectivity index (χ1) is 9.72. The number of benzene rings is 2. The number of halogens is 1. The molecular weight excluding hydrogens is 255 g/mol. The summed E-state index contributed by atoms with van der Waals surface area (Å²) in [6.45, 7) is 0.550. The van der Waals surface area contributed by atoms with Gasteiger partial charge in [-0.1, -0.05) is 12.1 Å². The van der Waals surface area contributed by atoms with Gasteiger partial charge in [0.25, 0.3) is 0 Å². The minimum atomic E-state index is -0.242. The molecule has 0 atom stereocenters. The van der Waals surface area contributed by atoms with Crippen LogP contribution in [-0.4, -0.2) is 14.7 Å². The van der Waals surface area contributed by atoms with Crippen molar-refractivity contribution in [1.82, 2.24) is 9.55 Å². The Balaban J connectivity index is 1.92. The number of aromatic nitrogens is 2. The molecule has 0 bridgehead atoms. The number of phenolic OH excluding ortho intramolecular Hbond substituents is 1. The number of hydrogen-bond donors (Lipinski definition) is 1. The summed E-state index contributed by atoms with van der Waals surface area (Å²) in [6, 6.07) is 13.4. The summed E-state index contributed by atoms with van der Waals surface area (Å²) in [5.74, 6) is 0.764. The van der Waals surface area contributed by atoms with Gasteiger partial charge < -0.3 is 9.67 Å². The van der Waals surface area contributed by atoms with E-state index >= 15 is 0 Å². The van der Waals surface area contributed by atoms with Crippen LogP contribution in [0.15, 0.2) is 60.9 Å². The molecule has 0 unspecified atom stereocenters. The summed E-state index contributed by atoms with van der Waals surface area (Å²) in [4.78, 5) is 4.32. The number of phenols is 1.